The van der Waals surface area contributed by atoms with E-state index in [0.29, 0.717) is 5.66 Å². The van der Waals surface area contributed by atoms with Gasteiger partial charge < -0.3 is 8.43 Å². The van der Waals surface area contributed by atoms with Crippen LogP contribution in [0.5, 0.6) is 0 Å². The van der Waals surface area contributed by atoms with Crippen molar-refractivity contribution >= 4 is 34.9 Å². The molecule has 0 aromatic heterocycles. The van der Waals surface area contributed by atoms with Gasteiger partial charge in [0.15, 0.2) is 23.1 Å². The molecule has 0 atom stereocenters. The highest BCUT2D eigenvalue weighted by Gasteiger charge is 2.34. The van der Waals surface area contributed by atoms with Gasteiger partial charge in [0.25, 0.3) is 0 Å². The van der Waals surface area contributed by atoms with Crippen molar-refractivity contribution in [2.75, 3.05) is 0 Å². The van der Waals surface area contributed by atoms with Crippen LogP contribution in [0.15, 0.2) is 0 Å². The summed E-state index contributed by atoms with van der Waals surface area (Å²) >= 11 is 5.66. The van der Waals surface area contributed by atoms with Gasteiger partial charge in [-0.15, -0.1) is 0 Å². The molecule has 2 nitrogen and oxygen atoms in total. The van der Waals surface area contributed by atoms with E-state index in [0.717, 1.165) is 0 Å². The lowest BCUT2D eigenvalue weighted by Crippen LogP contribution is -2.31. The van der Waals surface area contributed by atoms with Gasteiger partial charge in [0, 0.05) is 5.66 Å². The minimum atomic E-state index is -2.08. The zero-order chi connectivity index (χ0) is 12.5. The average Bonchev–Trinajstić information content (AvgIpc) is 1.75. The van der Waals surface area contributed by atoms with E-state index in [4.69, 9.17) is 20.2 Å². The van der Waals surface area contributed by atoms with Gasteiger partial charge in [-0.2, -0.15) is 0 Å². The second kappa shape index (κ2) is 5.11. The van der Waals surface area contributed by atoms with Crippen molar-refractivity contribution in [2.45, 2.75) is 58.8 Å². The normalized spacial score (nSPS) is 14.7. The molecule has 0 aromatic carbocycles. The lowest BCUT2D eigenvalue weighted by molar-refractivity contribution is 0.474. The molecule has 0 saturated heterocycles. The van der Waals surface area contributed by atoms with Gasteiger partial charge in [-0.1, -0.05) is 13.8 Å². The van der Waals surface area contributed by atoms with E-state index >= 15 is 0 Å². The van der Waals surface area contributed by atoms with Gasteiger partial charge >= 0.3 is 0 Å². The largest absolute Gasteiger partial charge is 0.371 e. The van der Waals surface area contributed by atoms with Crippen LogP contribution in [0.3, 0.4) is 0 Å². The molecule has 0 aliphatic heterocycles. The summed E-state index contributed by atoms with van der Waals surface area (Å²) in [5.74, 6) is 0. The van der Waals surface area contributed by atoms with E-state index in [1.165, 1.54) is 0 Å². The fourth-order valence-electron chi connectivity index (χ4n) is 0.993. The van der Waals surface area contributed by atoms with Gasteiger partial charge in [-0.25, -0.2) is 0 Å². The molecule has 0 unspecified atom stereocenters. The molecule has 0 aliphatic carbocycles. The summed E-state index contributed by atoms with van der Waals surface area (Å²) in [5, 5.41) is 0. The summed E-state index contributed by atoms with van der Waals surface area (Å²) in [5.41, 5.74) is 0.311. The summed E-state index contributed by atoms with van der Waals surface area (Å²) in [6.07, 6.45) is 0. The van der Waals surface area contributed by atoms with Gasteiger partial charge in [0.1, 0.15) is 0 Å². The van der Waals surface area contributed by atoms with Gasteiger partial charge in [-0.3, -0.25) is 0 Å². The quantitative estimate of drug-likeness (QED) is 0.550. The summed E-state index contributed by atoms with van der Waals surface area (Å²) in [7, 11) is -3.23. The zero-order valence-electron chi connectivity index (χ0n) is 11.2. The van der Waals surface area contributed by atoms with E-state index in [1.807, 2.05) is 0 Å². The van der Waals surface area contributed by atoms with Crippen molar-refractivity contribution in [1.82, 2.24) is 0 Å². The molecule has 0 bridgehead atoms. The third-order valence-corrected chi connectivity index (χ3v) is 11.7. The van der Waals surface area contributed by atoms with E-state index < -0.39 is 23.1 Å². The van der Waals surface area contributed by atoms with Crippen LogP contribution >= 0.6 is 6.49 Å². The number of hydrogen-bond acceptors (Lipinski definition) is 3. The third-order valence-electron chi connectivity index (χ3n) is 1.43. The minimum absolute atomic E-state index is 0.311. The molecule has 6 heteroatoms. The Balaban J connectivity index is 4.86. The summed E-state index contributed by atoms with van der Waals surface area (Å²) in [6.45, 7) is 15.2. The maximum Gasteiger partial charge on any atom is 0.192 e. The Labute approximate surface area is 102 Å². The molecule has 0 aliphatic rings. The summed E-state index contributed by atoms with van der Waals surface area (Å²) < 4.78 is 12.3. The van der Waals surface area contributed by atoms with Crippen LogP contribution in [-0.2, 0) is 20.2 Å². The first-order valence-electron chi connectivity index (χ1n) is 5.37. The monoisotopic (exact) mass is 284 g/mol. The fraction of sp³-hybridized carbons (Fsp3) is 1.00. The average molecular weight is 285 g/mol. The van der Waals surface area contributed by atoms with Crippen molar-refractivity contribution in [3.05, 3.63) is 0 Å². The molecule has 0 amide bonds. The SMILES string of the molecule is CC(C)P(=S)(O[Si](C)(C)C)O[Si](C)(C)C. The molecule has 15 heavy (non-hydrogen) atoms. The second-order valence-corrected chi connectivity index (χ2v) is 19.6. The van der Waals surface area contributed by atoms with Crippen molar-refractivity contribution in [2.24, 2.45) is 0 Å². The maximum absolute atomic E-state index is 6.14. The molecular formula is C9H25O2PSSi2. The Morgan fingerprint density at radius 2 is 1.13 bits per heavy atom. The van der Waals surface area contributed by atoms with Crippen molar-refractivity contribution in [3.63, 3.8) is 0 Å². The molecule has 0 radical (unpaired) electrons. The molecule has 92 valence electrons. The van der Waals surface area contributed by atoms with E-state index in [-0.39, 0.29) is 0 Å². The van der Waals surface area contributed by atoms with Crippen LogP contribution in [0, 0.1) is 0 Å². The van der Waals surface area contributed by atoms with Crippen LogP contribution in [-0.4, -0.2) is 22.3 Å². The third kappa shape index (κ3) is 7.03. The van der Waals surface area contributed by atoms with Gasteiger partial charge in [0.05, 0.1) is 0 Å². The molecule has 0 rings (SSSR count). The molecule has 0 fully saturated rings. The first-order chi connectivity index (χ1) is 6.36. The predicted octanol–water partition coefficient (Wildman–Crippen LogP) is 4.41. The summed E-state index contributed by atoms with van der Waals surface area (Å²) in [4.78, 5) is 0. The highest BCUT2D eigenvalue weighted by Crippen LogP contribution is 2.57. The van der Waals surface area contributed by atoms with Crippen molar-refractivity contribution < 1.29 is 8.43 Å². The Kier molecular flexibility index (Phi) is 5.45. The zero-order valence-corrected chi connectivity index (χ0v) is 15.0. The van der Waals surface area contributed by atoms with Crippen molar-refractivity contribution in [3.8, 4) is 0 Å². The topological polar surface area (TPSA) is 18.5 Å². The van der Waals surface area contributed by atoms with Gasteiger partial charge in [-0.05, 0) is 51.1 Å². The van der Waals surface area contributed by atoms with E-state index in [2.05, 4.69) is 53.1 Å². The van der Waals surface area contributed by atoms with Crippen LogP contribution in [0.4, 0.5) is 0 Å². The summed E-state index contributed by atoms with van der Waals surface area (Å²) in [6, 6.07) is 0. The van der Waals surface area contributed by atoms with E-state index in [9.17, 15) is 0 Å². The highest BCUT2D eigenvalue weighted by atomic mass is 32.5. The van der Waals surface area contributed by atoms with Crippen LogP contribution < -0.4 is 0 Å². The fourth-order valence-corrected chi connectivity index (χ4v) is 13.3. The standard InChI is InChI=1S/C9H25O2PSSi2/c1-9(2)12(13,10-14(3,4)5)11-15(6,7)8/h9H,1-8H3. The van der Waals surface area contributed by atoms with Crippen molar-refractivity contribution in [1.29, 1.82) is 0 Å². The Hall–Kier alpha value is 1.00. The van der Waals surface area contributed by atoms with Crippen LogP contribution in [0.1, 0.15) is 13.8 Å². The van der Waals surface area contributed by atoms with Crippen LogP contribution in [0.25, 0.3) is 0 Å². The molecule has 0 heterocycles. The molecular weight excluding hydrogens is 259 g/mol. The molecule has 0 aromatic rings. The Morgan fingerprint density at radius 3 is 1.27 bits per heavy atom. The molecule has 0 saturated carbocycles. The minimum Gasteiger partial charge on any atom is -0.371 e. The number of hydrogen-bond donors (Lipinski definition) is 0. The first-order valence-corrected chi connectivity index (χ1v) is 14.9. The van der Waals surface area contributed by atoms with Crippen LogP contribution in [0.2, 0.25) is 39.3 Å². The molecule has 0 spiro atoms. The lowest BCUT2D eigenvalue weighted by atomic mass is 10.6. The van der Waals surface area contributed by atoms with E-state index in [1.54, 1.807) is 0 Å². The molecule has 0 N–H and O–H groups in total. The highest BCUT2D eigenvalue weighted by molar-refractivity contribution is 8.11. The second-order valence-electron chi connectivity index (χ2n) is 6.04. The Bertz CT molecular complexity index is 236. The maximum atomic E-state index is 6.14. The number of rotatable bonds is 5. The first kappa shape index (κ1) is 16.0. The van der Waals surface area contributed by atoms with Gasteiger partial charge in [0.2, 0.25) is 0 Å². The predicted molar refractivity (Wildman–Crippen MR) is 78.3 cm³/mol. The lowest BCUT2D eigenvalue weighted by Gasteiger charge is -2.36. The smallest absolute Gasteiger partial charge is 0.192 e. The Morgan fingerprint density at radius 1 is 0.867 bits per heavy atom.